The summed E-state index contributed by atoms with van der Waals surface area (Å²) in [6.07, 6.45) is 1.74. The Morgan fingerprint density at radius 3 is 2.52 bits per heavy atom. The van der Waals surface area contributed by atoms with E-state index in [9.17, 15) is 4.79 Å². The van der Waals surface area contributed by atoms with Crippen molar-refractivity contribution in [3.63, 3.8) is 0 Å². The van der Waals surface area contributed by atoms with Gasteiger partial charge in [0.15, 0.2) is 5.69 Å². The van der Waals surface area contributed by atoms with Crippen molar-refractivity contribution in [1.82, 2.24) is 14.9 Å². The number of nitrogens with zero attached hydrogens (tertiary/aromatic N) is 3. The van der Waals surface area contributed by atoms with E-state index >= 15 is 0 Å². The third kappa shape index (κ3) is 3.34. The first-order chi connectivity index (χ1) is 9.93. The van der Waals surface area contributed by atoms with Crippen LogP contribution in [0.5, 0.6) is 0 Å². The molecule has 0 radical (unpaired) electrons. The van der Waals surface area contributed by atoms with Gasteiger partial charge in [-0.2, -0.15) is 0 Å². The molecule has 1 aromatic rings. The van der Waals surface area contributed by atoms with Crippen LogP contribution in [0.4, 0.5) is 5.69 Å². The molecule has 5 nitrogen and oxygen atoms in total. The van der Waals surface area contributed by atoms with Crippen molar-refractivity contribution in [2.24, 2.45) is 11.8 Å². The van der Waals surface area contributed by atoms with E-state index in [0.717, 1.165) is 31.1 Å². The van der Waals surface area contributed by atoms with Crippen LogP contribution in [-0.2, 0) is 0 Å². The van der Waals surface area contributed by atoms with E-state index in [-0.39, 0.29) is 11.8 Å². The molecule has 21 heavy (non-hydrogen) atoms. The third-order valence-corrected chi connectivity index (χ3v) is 4.17. The highest BCUT2D eigenvalue weighted by molar-refractivity contribution is 5.97. The number of amides is 1. The van der Waals surface area contributed by atoms with Crippen molar-refractivity contribution in [3.05, 3.63) is 17.7 Å². The zero-order valence-corrected chi connectivity index (χ0v) is 13.7. The first-order valence-corrected chi connectivity index (χ1v) is 7.84. The molecule has 0 aromatic carbocycles. The predicted octanol–water partition coefficient (Wildman–Crippen LogP) is 2.76. The maximum absolute atomic E-state index is 12.8. The maximum Gasteiger partial charge on any atom is 0.274 e. The van der Waals surface area contributed by atoms with Gasteiger partial charge in [-0.1, -0.05) is 27.7 Å². The Kier molecular flexibility index (Phi) is 4.80. The van der Waals surface area contributed by atoms with Gasteiger partial charge in [0.2, 0.25) is 0 Å². The zero-order valence-electron chi connectivity index (χ0n) is 13.7. The maximum atomic E-state index is 12.8. The first kappa shape index (κ1) is 15.7. The lowest BCUT2D eigenvalue weighted by atomic mass is 10.0. The minimum atomic E-state index is 0.0199. The summed E-state index contributed by atoms with van der Waals surface area (Å²) in [6.45, 7) is 12.8. The Bertz CT molecular complexity index is 505. The van der Waals surface area contributed by atoms with Crippen LogP contribution in [-0.4, -0.2) is 40.4 Å². The van der Waals surface area contributed by atoms with Crippen LogP contribution in [0, 0.1) is 11.8 Å². The lowest BCUT2D eigenvalue weighted by Crippen LogP contribution is -2.31. The topological polar surface area (TPSA) is 58.1 Å². The average Bonchev–Trinajstić information content (AvgIpc) is 2.78. The van der Waals surface area contributed by atoms with Gasteiger partial charge in [0.25, 0.3) is 5.91 Å². The van der Waals surface area contributed by atoms with Crippen LogP contribution in [0.25, 0.3) is 0 Å². The molecule has 5 heteroatoms. The highest BCUT2D eigenvalue weighted by atomic mass is 16.2. The van der Waals surface area contributed by atoms with Gasteiger partial charge >= 0.3 is 0 Å². The molecule has 0 spiro atoms. The molecule has 1 aliphatic rings. The van der Waals surface area contributed by atoms with Crippen molar-refractivity contribution in [2.75, 3.05) is 25.0 Å². The highest BCUT2D eigenvalue weighted by Gasteiger charge is 2.31. The van der Waals surface area contributed by atoms with Crippen LogP contribution in [0.1, 0.15) is 56.8 Å². The average molecular weight is 290 g/mol. The fraction of sp³-hybridized carbons (Fsp3) is 0.688. The Labute approximate surface area is 127 Å². The lowest BCUT2D eigenvalue weighted by molar-refractivity contribution is 0.0779. The van der Waals surface area contributed by atoms with E-state index < -0.39 is 0 Å². The van der Waals surface area contributed by atoms with E-state index in [1.54, 1.807) is 6.20 Å². The Balaban J connectivity index is 2.31. The number of aromatic nitrogens is 2. The molecule has 1 saturated heterocycles. The molecule has 1 N–H and O–H groups in total. The normalized spacial score (nSPS) is 21.9. The first-order valence-electron chi connectivity index (χ1n) is 7.84. The Morgan fingerprint density at radius 2 is 2.00 bits per heavy atom. The fourth-order valence-corrected chi connectivity index (χ4v) is 2.60. The standard InChI is InChI=1S/C16H26N4O/c1-6-17-13-7-18-15(10(2)3)19-14(13)16(21)20-8-11(4)12(5)9-20/h7,10-12,17H,6,8-9H2,1-5H3. The van der Waals surface area contributed by atoms with E-state index in [1.807, 2.05) is 25.7 Å². The number of carbonyl (C=O) groups is 1. The summed E-state index contributed by atoms with van der Waals surface area (Å²) in [5, 5.41) is 3.20. The number of anilines is 1. The Morgan fingerprint density at radius 1 is 1.38 bits per heavy atom. The van der Waals surface area contributed by atoms with Gasteiger partial charge in [-0.05, 0) is 18.8 Å². The summed E-state index contributed by atoms with van der Waals surface area (Å²) < 4.78 is 0. The summed E-state index contributed by atoms with van der Waals surface area (Å²) >= 11 is 0. The van der Waals surface area contributed by atoms with Crippen molar-refractivity contribution >= 4 is 11.6 Å². The van der Waals surface area contributed by atoms with Crippen molar-refractivity contribution in [1.29, 1.82) is 0 Å². The zero-order chi connectivity index (χ0) is 15.6. The quantitative estimate of drug-likeness (QED) is 0.926. The van der Waals surface area contributed by atoms with Gasteiger partial charge < -0.3 is 10.2 Å². The van der Waals surface area contributed by atoms with E-state index in [1.165, 1.54) is 0 Å². The van der Waals surface area contributed by atoms with Gasteiger partial charge in [0, 0.05) is 25.6 Å². The van der Waals surface area contributed by atoms with Gasteiger partial charge in [0.1, 0.15) is 5.82 Å². The molecule has 2 heterocycles. The molecule has 1 fully saturated rings. The molecule has 1 aromatic heterocycles. The molecular formula is C16H26N4O. The molecule has 1 amide bonds. The lowest BCUT2D eigenvalue weighted by Gasteiger charge is -2.18. The minimum Gasteiger partial charge on any atom is -0.382 e. The van der Waals surface area contributed by atoms with E-state index in [0.29, 0.717) is 17.5 Å². The van der Waals surface area contributed by atoms with Crippen molar-refractivity contribution < 1.29 is 4.79 Å². The Hall–Kier alpha value is -1.65. The van der Waals surface area contributed by atoms with Crippen LogP contribution in [0.3, 0.4) is 0 Å². The van der Waals surface area contributed by atoms with Crippen LogP contribution in [0.15, 0.2) is 6.20 Å². The second-order valence-electron chi connectivity index (χ2n) is 6.34. The molecule has 2 rings (SSSR count). The van der Waals surface area contributed by atoms with Gasteiger partial charge in [-0.25, -0.2) is 9.97 Å². The highest BCUT2D eigenvalue weighted by Crippen LogP contribution is 2.25. The number of hydrogen-bond acceptors (Lipinski definition) is 4. The van der Waals surface area contributed by atoms with Crippen molar-refractivity contribution in [3.8, 4) is 0 Å². The van der Waals surface area contributed by atoms with Gasteiger partial charge in [0.05, 0.1) is 11.9 Å². The molecular weight excluding hydrogens is 264 g/mol. The number of carbonyl (C=O) groups excluding carboxylic acids is 1. The second kappa shape index (κ2) is 6.41. The smallest absolute Gasteiger partial charge is 0.274 e. The summed E-state index contributed by atoms with van der Waals surface area (Å²) in [4.78, 5) is 23.6. The fourth-order valence-electron chi connectivity index (χ4n) is 2.60. The number of rotatable bonds is 4. The van der Waals surface area contributed by atoms with Gasteiger partial charge in [-0.3, -0.25) is 4.79 Å². The summed E-state index contributed by atoms with van der Waals surface area (Å²) in [7, 11) is 0. The van der Waals surface area contributed by atoms with Crippen LogP contribution >= 0.6 is 0 Å². The minimum absolute atomic E-state index is 0.0199. The SMILES string of the molecule is CCNc1cnc(C(C)C)nc1C(=O)N1CC(C)C(C)C1. The van der Waals surface area contributed by atoms with E-state index in [4.69, 9.17) is 0 Å². The number of nitrogens with one attached hydrogen (secondary N) is 1. The van der Waals surface area contributed by atoms with Crippen LogP contribution < -0.4 is 5.32 Å². The predicted molar refractivity (Wildman–Crippen MR) is 84.5 cm³/mol. The summed E-state index contributed by atoms with van der Waals surface area (Å²) in [5.74, 6) is 2.04. The number of hydrogen-bond donors (Lipinski definition) is 1. The summed E-state index contributed by atoms with van der Waals surface area (Å²) in [6, 6.07) is 0. The van der Waals surface area contributed by atoms with Gasteiger partial charge in [-0.15, -0.1) is 0 Å². The molecule has 0 aliphatic carbocycles. The van der Waals surface area contributed by atoms with Crippen LogP contribution in [0.2, 0.25) is 0 Å². The molecule has 116 valence electrons. The third-order valence-electron chi connectivity index (χ3n) is 4.17. The molecule has 1 aliphatic heterocycles. The number of likely N-dealkylation sites (tertiary alicyclic amines) is 1. The monoisotopic (exact) mass is 290 g/mol. The van der Waals surface area contributed by atoms with E-state index in [2.05, 4.69) is 29.1 Å². The summed E-state index contributed by atoms with van der Waals surface area (Å²) in [5.41, 5.74) is 1.25. The molecule has 2 unspecified atom stereocenters. The largest absolute Gasteiger partial charge is 0.382 e. The molecule has 2 atom stereocenters. The second-order valence-corrected chi connectivity index (χ2v) is 6.34. The molecule has 0 bridgehead atoms. The van der Waals surface area contributed by atoms with Crippen molar-refractivity contribution in [2.45, 2.75) is 40.5 Å². The molecule has 0 saturated carbocycles.